The van der Waals surface area contributed by atoms with E-state index in [1.165, 1.54) is 4.90 Å². The van der Waals surface area contributed by atoms with Crippen LogP contribution in [-0.2, 0) is 14.4 Å². The standard InChI is InChI=1S/C29H32N2O5/c1-18-10-12-21(26-25(18)28(33)31(29(26)34)20-7-3-2-4-8-20)27(32)30-14-5-9-22(30)19-11-13-23-24(17-19)36-16-6-15-35-23/h2-4,7-8,11,13,17-18,21-22,25-26H,5-6,9-10,12,14-16H2,1H3/t18-,21+,22-,25+,26+/m1/s1. The lowest BCUT2D eigenvalue weighted by Gasteiger charge is -2.37. The molecule has 3 fully saturated rings. The number of amides is 3. The summed E-state index contributed by atoms with van der Waals surface area (Å²) < 4.78 is 11.7. The minimum atomic E-state index is -0.598. The van der Waals surface area contributed by atoms with Crippen LogP contribution in [0.2, 0.25) is 0 Å². The summed E-state index contributed by atoms with van der Waals surface area (Å²) >= 11 is 0. The van der Waals surface area contributed by atoms with Crippen LogP contribution in [0.3, 0.4) is 0 Å². The van der Waals surface area contributed by atoms with Gasteiger partial charge < -0.3 is 14.4 Å². The van der Waals surface area contributed by atoms with Crippen molar-refractivity contribution in [2.24, 2.45) is 23.7 Å². The summed E-state index contributed by atoms with van der Waals surface area (Å²) in [7, 11) is 0. The molecule has 7 nitrogen and oxygen atoms in total. The molecule has 5 atom stereocenters. The van der Waals surface area contributed by atoms with Gasteiger partial charge in [0.15, 0.2) is 11.5 Å². The molecule has 0 unspecified atom stereocenters. The highest BCUT2D eigenvalue weighted by Crippen LogP contribution is 2.48. The van der Waals surface area contributed by atoms with E-state index in [9.17, 15) is 14.4 Å². The minimum Gasteiger partial charge on any atom is -0.490 e. The molecule has 0 spiro atoms. The lowest BCUT2D eigenvalue weighted by Crippen LogP contribution is -2.45. The van der Waals surface area contributed by atoms with E-state index in [1.54, 1.807) is 12.1 Å². The molecule has 0 aromatic heterocycles. The van der Waals surface area contributed by atoms with E-state index >= 15 is 0 Å². The van der Waals surface area contributed by atoms with Gasteiger partial charge in [-0.05, 0) is 61.4 Å². The average Bonchev–Trinajstić information content (AvgIpc) is 3.39. The first-order valence-corrected chi connectivity index (χ1v) is 13.2. The van der Waals surface area contributed by atoms with Gasteiger partial charge in [-0.3, -0.25) is 19.3 Å². The maximum absolute atomic E-state index is 14.1. The van der Waals surface area contributed by atoms with Crippen LogP contribution in [0.15, 0.2) is 48.5 Å². The van der Waals surface area contributed by atoms with Crippen molar-refractivity contribution in [3.8, 4) is 11.5 Å². The normalized spacial score (nSPS) is 29.8. The third-order valence-electron chi connectivity index (χ3n) is 8.40. The molecule has 188 valence electrons. The van der Waals surface area contributed by atoms with E-state index in [0.717, 1.165) is 42.7 Å². The Balaban J connectivity index is 1.28. The Morgan fingerprint density at radius 1 is 0.861 bits per heavy atom. The van der Waals surface area contributed by atoms with Crippen molar-refractivity contribution < 1.29 is 23.9 Å². The van der Waals surface area contributed by atoms with Gasteiger partial charge in [-0.1, -0.05) is 31.2 Å². The van der Waals surface area contributed by atoms with Crippen molar-refractivity contribution >= 4 is 23.4 Å². The Morgan fingerprint density at radius 3 is 2.42 bits per heavy atom. The van der Waals surface area contributed by atoms with Gasteiger partial charge in [0.2, 0.25) is 17.7 Å². The second kappa shape index (κ2) is 9.26. The zero-order valence-electron chi connectivity index (χ0n) is 20.6. The van der Waals surface area contributed by atoms with Gasteiger partial charge >= 0.3 is 0 Å². The van der Waals surface area contributed by atoms with Crippen LogP contribution in [-0.4, -0.2) is 42.4 Å². The largest absolute Gasteiger partial charge is 0.490 e. The number of carbonyl (C=O) groups excluding carboxylic acids is 3. The van der Waals surface area contributed by atoms with E-state index < -0.39 is 17.8 Å². The molecule has 2 aromatic carbocycles. The van der Waals surface area contributed by atoms with Crippen LogP contribution in [0.5, 0.6) is 11.5 Å². The van der Waals surface area contributed by atoms with Crippen LogP contribution in [0.4, 0.5) is 5.69 Å². The summed E-state index contributed by atoms with van der Waals surface area (Å²) in [5.41, 5.74) is 1.62. The van der Waals surface area contributed by atoms with Crippen LogP contribution in [0.25, 0.3) is 0 Å². The molecule has 6 rings (SSSR count). The number of fused-ring (bicyclic) bond motifs is 2. The summed E-state index contributed by atoms with van der Waals surface area (Å²) in [6.45, 7) is 3.94. The summed E-state index contributed by atoms with van der Waals surface area (Å²) in [6.07, 6.45) is 4.01. The monoisotopic (exact) mass is 488 g/mol. The fourth-order valence-corrected chi connectivity index (χ4v) is 6.62. The summed E-state index contributed by atoms with van der Waals surface area (Å²) in [4.78, 5) is 44.5. The molecule has 2 aromatic rings. The molecule has 3 amide bonds. The molecule has 0 N–H and O–H groups in total. The molecule has 7 heteroatoms. The summed E-state index contributed by atoms with van der Waals surface area (Å²) in [5, 5.41) is 0. The lowest BCUT2D eigenvalue weighted by molar-refractivity contribution is -0.145. The Labute approximate surface area is 211 Å². The van der Waals surface area contributed by atoms with Crippen LogP contribution < -0.4 is 14.4 Å². The molecule has 1 aliphatic carbocycles. The van der Waals surface area contributed by atoms with E-state index in [0.29, 0.717) is 31.9 Å². The predicted octanol–water partition coefficient (Wildman–Crippen LogP) is 4.36. The lowest BCUT2D eigenvalue weighted by atomic mass is 9.67. The van der Waals surface area contributed by atoms with Crippen molar-refractivity contribution in [2.45, 2.75) is 45.1 Å². The van der Waals surface area contributed by atoms with Crippen LogP contribution >= 0.6 is 0 Å². The fourth-order valence-electron chi connectivity index (χ4n) is 6.62. The van der Waals surface area contributed by atoms with Gasteiger partial charge in [0, 0.05) is 13.0 Å². The molecular weight excluding hydrogens is 456 g/mol. The molecule has 1 saturated carbocycles. The van der Waals surface area contributed by atoms with Gasteiger partial charge in [-0.2, -0.15) is 0 Å². The van der Waals surface area contributed by atoms with E-state index in [2.05, 4.69) is 0 Å². The molecule has 0 radical (unpaired) electrons. The van der Waals surface area contributed by atoms with Gasteiger partial charge in [-0.15, -0.1) is 0 Å². The minimum absolute atomic E-state index is 0.00238. The fraction of sp³-hybridized carbons (Fsp3) is 0.483. The van der Waals surface area contributed by atoms with Crippen molar-refractivity contribution in [1.82, 2.24) is 4.90 Å². The van der Waals surface area contributed by atoms with Gasteiger partial charge in [-0.25, -0.2) is 0 Å². The van der Waals surface area contributed by atoms with Crippen molar-refractivity contribution in [2.75, 3.05) is 24.7 Å². The maximum Gasteiger partial charge on any atom is 0.238 e. The molecular formula is C29H32N2O5. The van der Waals surface area contributed by atoms with Gasteiger partial charge in [0.05, 0.1) is 42.7 Å². The third-order valence-corrected chi connectivity index (χ3v) is 8.40. The quantitative estimate of drug-likeness (QED) is 0.600. The van der Waals surface area contributed by atoms with Crippen molar-refractivity contribution in [3.05, 3.63) is 54.1 Å². The van der Waals surface area contributed by atoms with Crippen molar-refractivity contribution in [3.63, 3.8) is 0 Å². The van der Waals surface area contributed by atoms with E-state index in [4.69, 9.17) is 9.47 Å². The number of rotatable bonds is 3. The number of benzene rings is 2. The number of anilines is 1. The van der Waals surface area contributed by atoms with E-state index in [1.807, 2.05) is 48.2 Å². The number of hydrogen-bond donors (Lipinski definition) is 0. The topological polar surface area (TPSA) is 76.2 Å². The molecule has 0 bridgehead atoms. The molecule has 3 heterocycles. The number of nitrogens with zero attached hydrogens (tertiary/aromatic N) is 2. The number of likely N-dealkylation sites (tertiary alicyclic amines) is 1. The predicted molar refractivity (Wildman–Crippen MR) is 134 cm³/mol. The molecule has 4 aliphatic rings. The molecule has 2 saturated heterocycles. The number of carbonyl (C=O) groups is 3. The second-order valence-corrected chi connectivity index (χ2v) is 10.5. The summed E-state index contributed by atoms with van der Waals surface area (Å²) in [5.74, 6) is -0.369. The second-order valence-electron chi connectivity index (χ2n) is 10.5. The van der Waals surface area contributed by atoms with E-state index in [-0.39, 0.29) is 29.7 Å². The molecule has 36 heavy (non-hydrogen) atoms. The number of para-hydroxylation sites is 1. The maximum atomic E-state index is 14.1. The van der Waals surface area contributed by atoms with Gasteiger partial charge in [0.1, 0.15) is 0 Å². The zero-order valence-corrected chi connectivity index (χ0v) is 20.6. The Hall–Kier alpha value is -3.35. The highest BCUT2D eigenvalue weighted by Gasteiger charge is 2.57. The third kappa shape index (κ3) is 3.76. The highest BCUT2D eigenvalue weighted by atomic mass is 16.5. The average molecular weight is 489 g/mol. The summed E-state index contributed by atoms with van der Waals surface area (Å²) in [6, 6.07) is 15.0. The number of ether oxygens (including phenoxy) is 2. The SMILES string of the molecule is C[C@@H]1CC[C@H](C(=O)N2CCC[C@@H]2c2ccc3c(c2)OCCCO3)[C@@H]2C(=O)N(c3ccccc3)C(=O)[C@H]21. The Kier molecular flexibility index (Phi) is 5.94. The van der Waals surface area contributed by atoms with Crippen molar-refractivity contribution in [1.29, 1.82) is 0 Å². The first kappa shape index (κ1) is 23.1. The Morgan fingerprint density at radius 2 is 1.61 bits per heavy atom. The Bertz CT molecular complexity index is 1180. The molecule has 3 aliphatic heterocycles. The van der Waals surface area contributed by atoms with Crippen LogP contribution in [0, 0.1) is 23.7 Å². The smallest absolute Gasteiger partial charge is 0.238 e. The highest BCUT2D eigenvalue weighted by molar-refractivity contribution is 6.23. The number of imide groups is 1. The van der Waals surface area contributed by atoms with Gasteiger partial charge in [0.25, 0.3) is 0 Å². The zero-order chi connectivity index (χ0) is 24.8. The first-order chi connectivity index (χ1) is 17.5. The number of hydrogen-bond acceptors (Lipinski definition) is 5. The first-order valence-electron chi connectivity index (χ1n) is 13.2. The van der Waals surface area contributed by atoms with Crippen LogP contribution in [0.1, 0.15) is 50.6 Å².